The first kappa shape index (κ1) is 19.0. The van der Waals surface area contributed by atoms with Crippen molar-refractivity contribution in [1.29, 1.82) is 0 Å². The highest BCUT2D eigenvalue weighted by molar-refractivity contribution is 5.48. The first-order valence-electron chi connectivity index (χ1n) is 10.4. The maximum Gasteiger partial charge on any atom is 0.257 e. The molecule has 1 aliphatic carbocycles. The van der Waals surface area contributed by atoms with Crippen LogP contribution < -0.4 is 14.4 Å². The van der Waals surface area contributed by atoms with Gasteiger partial charge in [0, 0.05) is 45.1 Å². The number of rotatable bonds is 6. The van der Waals surface area contributed by atoms with Gasteiger partial charge in [-0.15, -0.1) is 0 Å². The fourth-order valence-corrected chi connectivity index (χ4v) is 4.07. The average Bonchev–Trinajstić information content (AvgIpc) is 2.76. The summed E-state index contributed by atoms with van der Waals surface area (Å²) in [5.74, 6) is 2.51. The summed E-state index contributed by atoms with van der Waals surface area (Å²) in [5.41, 5.74) is 1.31. The molecule has 6 nitrogen and oxygen atoms in total. The molecule has 150 valence electrons. The molecule has 0 atom stereocenters. The lowest BCUT2D eigenvalue weighted by molar-refractivity contribution is 0.148. The van der Waals surface area contributed by atoms with Crippen molar-refractivity contribution in [2.45, 2.75) is 44.8 Å². The van der Waals surface area contributed by atoms with Gasteiger partial charge in [-0.25, -0.2) is 9.97 Å². The molecule has 0 unspecified atom stereocenters. The van der Waals surface area contributed by atoms with Crippen LogP contribution in [0.15, 0.2) is 36.7 Å². The summed E-state index contributed by atoms with van der Waals surface area (Å²) < 4.78 is 11.5. The molecule has 2 fully saturated rings. The summed E-state index contributed by atoms with van der Waals surface area (Å²) in [6.45, 7) is 4.85. The van der Waals surface area contributed by atoms with Crippen molar-refractivity contribution in [3.63, 3.8) is 0 Å². The molecule has 28 heavy (non-hydrogen) atoms. The van der Waals surface area contributed by atoms with E-state index in [1.165, 1.54) is 24.8 Å². The number of benzene rings is 1. The van der Waals surface area contributed by atoms with Crippen molar-refractivity contribution in [3.05, 3.63) is 42.2 Å². The van der Waals surface area contributed by atoms with E-state index in [-0.39, 0.29) is 0 Å². The molecule has 0 spiro atoms. The summed E-state index contributed by atoms with van der Waals surface area (Å²) in [4.78, 5) is 13.9. The van der Waals surface area contributed by atoms with E-state index in [1.54, 1.807) is 19.5 Å². The van der Waals surface area contributed by atoms with Crippen molar-refractivity contribution in [3.8, 4) is 11.6 Å². The summed E-state index contributed by atoms with van der Waals surface area (Å²) in [6.07, 6.45) is 9.89. The lowest BCUT2D eigenvalue weighted by Gasteiger charge is -2.36. The van der Waals surface area contributed by atoms with Gasteiger partial charge in [0.05, 0.1) is 7.11 Å². The van der Waals surface area contributed by atoms with Gasteiger partial charge in [-0.2, -0.15) is 0 Å². The van der Waals surface area contributed by atoms with Gasteiger partial charge in [0.15, 0.2) is 5.82 Å². The number of hydrogen-bond donors (Lipinski definition) is 0. The van der Waals surface area contributed by atoms with Crippen LogP contribution in [0.5, 0.6) is 11.6 Å². The topological polar surface area (TPSA) is 50.7 Å². The minimum absolute atomic E-state index is 0.292. The Morgan fingerprint density at radius 1 is 0.929 bits per heavy atom. The number of nitrogens with zero attached hydrogens (tertiary/aromatic N) is 4. The van der Waals surface area contributed by atoms with Crippen LogP contribution in [0.1, 0.15) is 37.7 Å². The molecule has 0 N–H and O–H groups in total. The van der Waals surface area contributed by atoms with Crippen molar-refractivity contribution in [2.75, 3.05) is 38.2 Å². The van der Waals surface area contributed by atoms with E-state index in [1.807, 2.05) is 12.1 Å². The molecule has 0 radical (unpaired) electrons. The Balaban J connectivity index is 1.34. The van der Waals surface area contributed by atoms with E-state index in [9.17, 15) is 0 Å². The first-order valence-corrected chi connectivity index (χ1v) is 10.4. The number of ether oxygens (including phenoxy) is 2. The van der Waals surface area contributed by atoms with Gasteiger partial charge >= 0.3 is 0 Å². The monoisotopic (exact) mass is 382 g/mol. The Morgan fingerprint density at radius 2 is 1.64 bits per heavy atom. The van der Waals surface area contributed by atoms with E-state index in [4.69, 9.17) is 9.47 Å². The molecule has 1 aromatic heterocycles. The SMILES string of the molecule is COc1ccc(CN2CCN(c3nccnc3OC3CCCCC3)CC2)cc1. The van der Waals surface area contributed by atoms with Crippen LogP contribution in [-0.4, -0.2) is 54.3 Å². The predicted octanol–water partition coefficient (Wildman–Crippen LogP) is 3.52. The lowest BCUT2D eigenvalue weighted by Crippen LogP contribution is -2.46. The second kappa shape index (κ2) is 9.24. The highest BCUT2D eigenvalue weighted by atomic mass is 16.5. The fourth-order valence-electron chi connectivity index (χ4n) is 4.07. The smallest absolute Gasteiger partial charge is 0.257 e. The van der Waals surface area contributed by atoms with Crippen molar-refractivity contribution >= 4 is 5.82 Å². The van der Waals surface area contributed by atoms with E-state index < -0.39 is 0 Å². The summed E-state index contributed by atoms with van der Waals surface area (Å²) in [5, 5.41) is 0. The van der Waals surface area contributed by atoms with Gasteiger partial charge in [0.1, 0.15) is 11.9 Å². The third kappa shape index (κ3) is 4.73. The lowest BCUT2D eigenvalue weighted by atomic mass is 9.98. The molecule has 6 heteroatoms. The second-order valence-electron chi connectivity index (χ2n) is 7.67. The van der Waals surface area contributed by atoms with Crippen LogP contribution >= 0.6 is 0 Å². The van der Waals surface area contributed by atoms with Crippen molar-refractivity contribution < 1.29 is 9.47 Å². The Labute approximate surface area is 167 Å². The van der Waals surface area contributed by atoms with Crippen LogP contribution in [0.3, 0.4) is 0 Å². The molecule has 4 rings (SSSR count). The molecule has 1 saturated heterocycles. The normalized spacial score (nSPS) is 18.8. The zero-order valence-corrected chi connectivity index (χ0v) is 16.7. The quantitative estimate of drug-likeness (QED) is 0.762. The summed E-state index contributed by atoms with van der Waals surface area (Å²) >= 11 is 0. The highest BCUT2D eigenvalue weighted by Crippen LogP contribution is 2.28. The minimum atomic E-state index is 0.292. The van der Waals surface area contributed by atoms with E-state index in [0.29, 0.717) is 12.0 Å². The van der Waals surface area contributed by atoms with E-state index in [0.717, 1.165) is 57.1 Å². The molecule has 1 aliphatic heterocycles. The van der Waals surface area contributed by atoms with Gasteiger partial charge in [0.25, 0.3) is 5.88 Å². The van der Waals surface area contributed by atoms with Crippen molar-refractivity contribution in [2.24, 2.45) is 0 Å². The zero-order valence-electron chi connectivity index (χ0n) is 16.7. The maximum atomic E-state index is 6.24. The number of hydrogen-bond acceptors (Lipinski definition) is 6. The van der Waals surface area contributed by atoms with Gasteiger partial charge < -0.3 is 14.4 Å². The second-order valence-corrected chi connectivity index (χ2v) is 7.67. The molecule has 2 aliphatic rings. The third-order valence-corrected chi connectivity index (χ3v) is 5.71. The van der Waals surface area contributed by atoms with Gasteiger partial charge in [-0.3, -0.25) is 4.90 Å². The van der Waals surface area contributed by atoms with Crippen LogP contribution in [0.25, 0.3) is 0 Å². The predicted molar refractivity (Wildman–Crippen MR) is 110 cm³/mol. The molecule has 1 saturated carbocycles. The van der Waals surface area contributed by atoms with Crippen LogP contribution in [0, 0.1) is 0 Å². The highest BCUT2D eigenvalue weighted by Gasteiger charge is 2.24. The number of anilines is 1. The van der Waals surface area contributed by atoms with Crippen LogP contribution in [-0.2, 0) is 6.54 Å². The standard InChI is InChI=1S/C22H30N4O2/c1-27-19-9-7-18(8-10-19)17-25-13-15-26(16-14-25)21-22(24-12-11-23-21)28-20-5-3-2-4-6-20/h7-12,20H,2-6,13-17H2,1H3. The minimum Gasteiger partial charge on any atom is -0.497 e. The number of piperazine rings is 1. The molecule has 2 aromatic rings. The van der Waals surface area contributed by atoms with Gasteiger partial charge in [-0.05, 0) is 43.4 Å². The summed E-state index contributed by atoms with van der Waals surface area (Å²) in [7, 11) is 1.70. The largest absolute Gasteiger partial charge is 0.497 e. The van der Waals surface area contributed by atoms with E-state index in [2.05, 4.69) is 31.9 Å². The zero-order chi connectivity index (χ0) is 19.2. The Hall–Kier alpha value is -2.34. The first-order chi connectivity index (χ1) is 13.8. The molecule has 0 bridgehead atoms. The van der Waals surface area contributed by atoms with Crippen LogP contribution in [0.2, 0.25) is 0 Å². The molecule has 2 heterocycles. The number of aromatic nitrogens is 2. The number of methoxy groups -OCH3 is 1. The Morgan fingerprint density at radius 3 is 2.36 bits per heavy atom. The van der Waals surface area contributed by atoms with Crippen LogP contribution in [0.4, 0.5) is 5.82 Å². The van der Waals surface area contributed by atoms with E-state index >= 15 is 0 Å². The maximum absolute atomic E-state index is 6.24. The molecular formula is C22H30N4O2. The molecule has 1 aromatic carbocycles. The third-order valence-electron chi connectivity index (χ3n) is 5.71. The Kier molecular flexibility index (Phi) is 6.27. The van der Waals surface area contributed by atoms with Crippen molar-refractivity contribution in [1.82, 2.24) is 14.9 Å². The summed E-state index contributed by atoms with van der Waals surface area (Å²) in [6, 6.07) is 8.34. The molecular weight excluding hydrogens is 352 g/mol. The van der Waals surface area contributed by atoms with Gasteiger partial charge in [0.2, 0.25) is 0 Å². The van der Waals surface area contributed by atoms with Gasteiger partial charge in [-0.1, -0.05) is 18.6 Å². The Bertz CT molecular complexity index is 738. The molecule has 0 amide bonds. The average molecular weight is 383 g/mol. The fraction of sp³-hybridized carbons (Fsp3) is 0.545.